The lowest BCUT2D eigenvalue weighted by Gasteiger charge is -2.13. The highest BCUT2D eigenvalue weighted by Crippen LogP contribution is 2.14. The third-order valence-corrected chi connectivity index (χ3v) is 4.00. The van der Waals surface area contributed by atoms with E-state index in [1.807, 2.05) is 48.7 Å². The molecule has 0 saturated heterocycles. The van der Waals surface area contributed by atoms with Gasteiger partial charge in [0.05, 0.1) is 5.92 Å². The number of carboxylic acid groups (broad SMARTS) is 1. The first-order valence-corrected chi connectivity index (χ1v) is 7.75. The van der Waals surface area contributed by atoms with Crippen molar-refractivity contribution in [1.82, 2.24) is 10.3 Å². The van der Waals surface area contributed by atoms with E-state index < -0.39 is 11.9 Å². The fraction of sp³-hybridized carbons (Fsp3) is 0.158. The molecular formula is C19H18N2O3. The Labute approximate surface area is 139 Å². The van der Waals surface area contributed by atoms with Gasteiger partial charge in [-0.25, -0.2) is 0 Å². The molecule has 0 unspecified atom stereocenters. The van der Waals surface area contributed by atoms with E-state index in [4.69, 9.17) is 0 Å². The maximum Gasteiger partial charge on any atom is 0.308 e. The molecular weight excluding hydrogens is 304 g/mol. The van der Waals surface area contributed by atoms with Gasteiger partial charge in [-0.05, 0) is 36.2 Å². The number of carboxylic acids is 1. The molecule has 0 aliphatic heterocycles. The maximum absolute atomic E-state index is 12.3. The fourth-order valence-corrected chi connectivity index (χ4v) is 2.66. The van der Waals surface area contributed by atoms with Gasteiger partial charge in [-0.3, -0.25) is 9.59 Å². The van der Waals surface area contributed by atoms with Crippen LogP contribution in [-0.4, -0.2) is 28.5 Å². The number of amides is 1. The van der Waals surface area contributed by atoms with Crippen molar-refractivity contribution in [2.24, 2.45) is 5.92 Å². The Morgan fingerprint density at radius 3 is 2.62 bits per heavy atom. The minimum Gasteiger partial charge on any atom is -0.481 e. The Morgan fingerprint density at radius 1 is 1.08 bits per heavy atom. The van der Waals surface area contributed by atoms with Crippen molar-refractivity contribution in [3.63, 3.8) is 0 Å². The summed E-state index contributed by atoms with van der Waals surface area (Å²) in [5.41, 5.74) is 2.41. The van der Waals surface area contributed by atoms with Gasteiger partial charge in [-0.15, -0.1) is 0 Å². The summed E-state index contributed by atoms with van der Waals surface area (Å²) in [6.07, 6.45) is 2.19. The van der Waals surface area contributed by atoms with Gasteiger partial charge in [0.1, 0.15) is 0 Å². The molecule has 24 heavy (non-hydrogen) atoms. The lowest BCUT2D eigenvalue weighted by atomic mass is 9.99. The van der Waals surface area contributed by atoms with E-state index in [0.717, 1.165) is 16.5 Å². The van der Waals surface area contributed by atoms with Crippen LogP contribution in [0, 0.1) is 5.92 Å². The van der Waals surface area contributed by atoms with E-state index in [0.29, 0.717) is 12.0 Å². The molecule has 3 aromatic rings. The number of nitrogens with one attached hydrogen (secondary N) is 2. The molecule has 1 atom stereocenters. The molecule has 0 spiro atoms. The van der Waals surface area contributed by atoms with Crippen molar-refractivity contribution in [2.45, 2.75) is 6.42 Å². The van der Waals surface area contributed by atoms with Crippen molar-refractivity contribution in [1.29, 1.82) is 0 Å². The quantitative estimate of drug-likeness (QED) is 0.652. The van der Waals surface area contributed by atoms with Gasteiger partial charge >= 0.3 is 5.97 Å². The lowest BCUT2D eigenvalue weighted by molar-refractivity contribution is -0.141. The summed E-state index contributed by atoms with van der Waals surface area (Å²) in [7, 11) is 0. The van der Waals surface area contributed by atoms with Crippen LogP contribution in [0.5, 0.6) is 0 Å². The normalized spacial score (nSPS) is 12.0. The number of H-pyrrole nitrogens is 1. The van der Waals surface area contributed by atoms with E-state index in [1.54, 1.807) is 12.1 Å². The van der Waals surface area contributed by atoms with Crippen molar-refractivity contribution in [3.8, 4) is 0 Å². The Bertz CT molecular complexity index is 855. The van der Waals surface area contributed by atoms with Gasteiger partial charge in [0.25, 0.3) is 5.91 Å². The van der Waals surface area contributed by atoms with Crippen LogP contribution in [-0.2, 0) is 11.2 Å². The number of aliphatic carboxylic acids is 1. The van der Waals surface area contributed by atoms with Crippen LogP contribution in [0.2, 0.25) is 0 Å². The average Bonchev–Trinajstić information content (AvgIpc) is 3.06. The Morgan fingerprint density at radius 2 is 1.88 bits per heavy atom. The minimum absolute atomic E-state index is 0.0915. The maximum atomic E-state index is 12.3. The number of fused-ring (bicyclic) bond motifs is 1. The largest absolute Gasteiger partial charge is 0.481 e. The van der Waals surface area contributed by atoms with Crippen LogP contribution in [0.1, 0.15) is 15.9 Å². The van der Waals surface area contributed by atoms with E-state index in [2.05, 4.69) is 10.3 Å². The second-order valence-corrected chi connectivity index (χ2v) is 5.71. The zero-order valence-electron chi connectivity index (χ0n) is 13.0. The van der Waals surface area contributed by atoms with E-state index in [-0.39, 0.29) is 12.5 Å². The highest BCUT2D eigenvalue weighted by atomic mass is 16.4. The molecule has 0 aliphatic rings. The van der Waals surface area contributed by atoms with Gasteiger partial charge in [0.15, 0.2) is 0 Å². The summed E-state index contributed by atoms with van der Waals surface area (Å²) in [5, 5.41) is 13.0. The standard InChI is InChI=1S/C19H18N2O3/c22-18(15-6-7-17-14(11-15)8-9-20-17)21-12-16(19(23)24)10-13-4-2-1-3-5-13/h1-9,11,16,20H,10,12H2,(H,21,22)(H,23,24)/t16-/m1/s1. The number of carbonyl (C=O) groups is 2. The Hall–Kier alpha value is -3.08. The summed E-state index contributed by atoms with van der Waals surface area (Å²) in [5.74, 6) is -1.84. The zero-order chi connectivity index (χ0) is 16.9. The van der Waals surface area contributed by atoms with Crippen LogP contribution in [0.25, 0.3) is 10.9 Å². The summed E-state index contributed by atoms with van der Waals surface area (Å²) in [6, 6.07) is 16.6. The number of benzene rings is 2. The number of aromatic nitrogens is 1. The van der Waals surface area contributed by atoms with Gasteiger partial charge in [-0.1, -0.05) is 30.3 Å². The van der Waals surface area contributed by atoms with Gasteiger partial charge < -0.3 is 15.4 Å². The summed E-state index contributed by atoms with van der Waals surface area (Å²) < 4.78 is 0. The predicted octanol–water partition coefficient (Wildman–Crippen LogP) is 2.84. The molecule has 0 fully saturated rings. The monoisotopic (exact) mass is 322 g/mol. The molecule has 1 amide bonds. The zero-order valence-corrected chi connectivity index (χ0v) is 13.0. The minimum atomic E-state index is -0.916. The highest BCUT2D eigenvalue weighted by molar-refractivity contribution is 5.98. The number of aromatic amines is 1. The molecule has 5 nitrogen and oxygen atoms in total. The fourth-order valence-electron chi connectivity index (χ4n) is 2.66. The smallest absolute Gasteiger partial charge is 0.308 e. The van der Waals surface area contributed by atoms with Gasteiger partial charge in [0, 0.05) is 29.2 Å². The molecule has 5 heteroatoms. The number of hydrogen-bond donors (Lipinski definition) is 3. The molecule has 3 rings (SSSR count). The second kappa shape index (κ2) is 7.00. The first-order valence-electron chi connectivity index (χ1n) is 7.75. The average molecular weight is 322 g/mol. The van der Waals surface area contributed by atoms with Gasteiger partial charge in [-0.2, -0.15) is 0 Å². The molecule has 0 aliphatic carbocycles. The number of hydrogen-bond acceptors (Lipinski definition) is 2. The Kier molecular flexibility index (Phi) is 4.61. The first-order chi connectivity index (χ1) is 11.6. The van der Waals surface area contributed by atoms with Crippen molar-refractivity contribution in [2.75, 3.05) is 6.54 Å². The summed E-state index contributed by atoms with van der Waals surface area (Å²) >= 11 is 0. The number of carbonyl (C=O) groups excluding carboxylic acids is 1. The van der Waals surface area contributed by atoms with E-state index in [9.17, 15) is 14.7 Å². The van der Waals surface area contributed by atoms with E-state index in [1.165, 1.54) is 0 Å². The third-order valence-electron chi connectivity index (χ3n) is 4.00. The highest BCUT2D eigenvalue weighted by Gasteiger charge is 2.19. The van der Waals surface area contributed by atoms with Gasteiger partial charge in [0.2, 0.25) is 0 Å². The molecule has 1 heterocycles. The number of rotatable bonds is 6. The predicted molar refractivity (Wildman–Crippen MR) is 91.9 cm³/mol. The lowest BCUT2D eigenvalue weighted by Crippen LogP contribution is -2.34. The van der Waals surface area contributed by atoms with Crippen molar-refractivity contribution in [3.05, 3.63) is 71.9 Å². The van der Waals surface area contributed by atoms with Crippen molar-refractivity contribution >= 4 is 22.8 Å². The third kappa shape index (κ3) is 3.63. The SMILES string of the molecule is O=C(NC[C@@H](Cc1ccccc1)C(=O)O)c1ccc2[nH]ccc2c1. The van der Waals surface area contributed by atoms with Crippen LogP contribution >= 0.6 is 0 Å². The molecule has 0 bridgehead atoms. The van der Waals surface area contributed by atoms with Crippen LogP contribution in [0.4, 0.5) is 0 Å². The Balaban J connectivity index is 1.65. The second-order valence-electron chi connectivity index (χ2n) is 5.71. The van der Waals surface area contributed by atoms with Crippen LogP contribution in [0.15, 0.2) is 60.8 Å². The topological polar surface area (TPSA) is 82.2 Å². The van der Waals surface area contributed by atoms with Crippen LogP contribution in [0.3, 0.4) is 0 Å². The molecule has 0 radical (unpaired) electrons. The van der Waals surface area contributed by atoms with Crippen LogP contribution < -0.4 is 5.32 Å². The van der Waals surface area contributed by atoms with Crippen molar-refractivity contribution < 1.29 is 14.7 Å². The summed E-state index contributed by atoms with van der Waals surface area (Å²) in [4.78, 5) is 26.8. The molecule has 122 valence electrons. The molecule has 0 saturated carbocycles. The molecule has 3 N–H and O–H groups in total. The van der Waals surface area contributed by atoms with E-state index >= 15 is 0 Å². The molecule has 2 aromatic carbocycles. The molecule has 1 aromatic heterocycles. The first kappa shape index (κ1) is 15.8. The summed E-state index contributed by atoms with van der Waals surface area (Å²) in [6.45, 7) is 0.0915.